The minimum atomic E-state index is -4.38. The molecule has 1 fully saturated rings. The topological polar surface area (TPSA) is 55.1 Å². The van der Waals surface area contributed by atoms with Crippen LogP contribution in [0.1, 0.15) is 36.8 Å². The van der Waals surface area contributed by atoms with E-state index in [1.165, 1.54) is 12.1 Å². The molecule has 0 heterocycles. The summed E-state index contributed by atoms with van der Waals surface area (Å²) >= 11 is 0. The van der Waals surface area contributed by atoms with Crippen molar-refractivity contribution in [3.8, 4) is 0 Å². The Morgan fingerprint density at radius 2 is 1.86 bits per heavy atom. The first-order chi connectivity index (χ1) is 9.84. The zero-order valence-electron chi connectivity index (χ0n) is 12.0. The molecule has 22 heavy (non-hydrogen) atoms. The maximum Gasteiger partial charge on any atom is 0.416 e. The Hall–Kier alpha value is -1.27. The molecule has 7 heteroatoms. The predicted molar refractivity (Wildman–Crippen MR) is 80.8 cm³/mol. The third-order valence-electron chi connectivity index (χ3n) is 3.76. The zero-order valence-corrected chi connectivity index (χ0v) is 12.8. The molecular formula is C15H20ClF3N2O. The van der Waals surface area contributed by atoms with Crippen molar-refractivity contribution in [1.82, 2.24) is 5.32 Å². The molecule has 0 atom stereocenters. The van der Waals surface area contributed by atoms with Gasteiger partial charge in [-0.25, -0.2) is 0 Å². The third kappa shape index (κ3) is 5.50. The predicted octanol–water partition coefficient (Wildman–Crippen LogP) is 3.06. The number of rotatable bonds is 3. The molecule has 3 nitrogen and oxygen atoms in total. The zero-order chi connectivity index (χ0) is 15.5. The number of hydrogen-bond acceptors (Lipinski definition) is 2. The molecule has 0 aliphatic heterocycles. The van der Waals surface area contributed by atoms with E-state index >= 15 is 0 Å². The average molecular weight is 337 g/mol. The Morgan fingerprint density at radius 3 is 2.45 bits per heavy atom. The monoisotopic (exact) mass is 336 g/mol. The highest BCUT2D eigenvalue weighted by Crippen LogP contribution is 2.29. The van der Waals surface area contributed by atoms with Crippen molar-refractivity contribution in [3.05, 3.63) is 35.4 Å². The van der Waals surface area contributed by atoms with Crippen molar-refractivity contribution in [2.24, 2.45) is 5.73 Å². The summed E-state index contributed by atoms with van der Waals surface area (Å²) in [4.78, 5) is 11.9. The molecule has 124 valence electrons. The lowest BCUT2D eigenvalue weighted by molar-refractivity contribution is -0.137. The highest BCUT2D eigenvalue weighted by Gasteiger charge is 2.30. The van der Waals surface area contributed by atoms with E-state index in [0.717, 1.165) is 37.8 Å². The van der Waals surface area contributed by atoms with E-state index in [9.17, 15) is 18.0 Å². The van der Waals surface area contributed by atoms with Gasteiger partial charge < -0.3 is 11.1 Å². The van der Waals surface area contributed by atoms with Gasteiger partial charge in [0.2, 0.25) is 5.91 Å². The van der Waals surface area contributed by atoms with Crippen molar-refractivity contribution >= 4 is 18.3 Å². The van der Waals surface area contributed by atoms with Gasteiger partial charge in [-0.2, -0.15) is 13.2 Å². The smallest absolute Gasteiger partial charge is 0.353 e. The number of amides is 1. The minimum Gasteiger partial charge on any atom is -0.353 e. The number of nitrogens with two attached hydrogens (primary N) is 1. The third-order valence-corrected chi connectivity index (χ3v) is 3.76. The summed E-state index contributed by atoms with van der Waals surface area (Å²) in [5, 5.41) is 2.87. The normalized spacial score (nSPS) is 21.8. The van der Waals surface area contributed by atoms with E-state index in [0.29, 0.717) is 5.56 Å². The lowest BCUT2D eigenvalue weighted by Crippen LogP contribution is -2.41. The Labute approximate surface area is 133 Å². The molecule has 1 aliphatic rings. The van der Waals surface area contributed by atoms with Crippen LogP contribution in [0.25, 0.3) is 0 Å². The molecule has 1 aromatic carbocycles. The van der Waals surface area contributed by atoms with Gasteiger partial charge in [-0.05, 0) is 37.3 Å². The number of carbonyl (C=O) groups excluding carboxylic acids is 1. The average Bonchev–Trinajstić information content (AvgIpc) is 2.41. The summed E-state index contributed by atoms with van der Waals surface area (Å²) in [7, 11) is 0. The molecule has 1 saturated carbocycles. The van der Waals surface area contributed by atoms with Crippen LogP contribution in [0.2, 0.25) is 0 Å². The van der Waals surface area contributed by atoms with E-state index in [-0.39, 0.29) is 36.8 Å². The van der Waals surface area contributed by atoms with Gasteiger partial charge in [-0.1, -0.05) is 18.2 Å². The number of nitrogens with one attached hydrogen (secondary N) is 1. The van der Waals surface area contributed by atoms with Crippen LogP contribution in [-0.4, -0.2) is 18.0 Å². The van der Waals surface area contributed by atoms with Crippen molar-refractivity contribution in [2.45, 2.75) is 50.4 Å². The van der Waals surface area contributed by atoms with Crippen LogP contribution in [0, 0.1) is 0 Å². The fraction of sp³-hybridized carbons (Fsp3) is 0.533. The minimum absolute atomic E-state index is 0. The highest BCUT2D eigenvalue weighted by molar-refractivity contribution is 5.85. The van der Waals surface area contributed by atoms with E-state index < -0.39 is 11.7 Å². The van der Waals surface area contributed by atoms with Crippen LogP contribution in [0.5, 0.6) is 0 Å². The number of hydrogen-bond donors (Lipinski definition) is 2. The maximum atomic E-state index is 12.6. The molecule has 1 aromatic rings. The second-order valence-corrected chi connectivity index (χ2v) is 5.55. The number of alkyl halides is 3. The molecule has 2 rings (SSSR count). The highest BCUT2D eigenvalue weighted by atomic mass is 35.5. The molecule has 0 radical (unpaired) electrons. The summed E-state index contributed by atoms with van der Waals surface area (Å²) in [6.45, 7) is 0. The molecule has 0 aromatic heterocycles. The van der Waals surface area contributed by atoms with Crippen LogP contribution in [0.3, 0.4) is 0 Å². The second-order valence-electron chi connectivity index (χ2n) is 5.55. The molecule has 3 N–H and O–H groups in total. The van der Waals surface area contributed by atoms with E-state index in [1.54, 1.807) is 0 Å². The summed E-state index contributed by atoms with van der Waals surface area (Å²) in [6.07, 6.45) is -1.02. The molecule has 0 saturated heterocycles. The Kier molecular flexibility index (Phi) is 6.68. The van der Waals surface area contributed by atoms with Crippen LogP contribution < -0.4 is 11.1 Å². The lowest BCUT2D eigenvalue weighted by Gasteiger charge is -2.26. The van der Waals surface area contributed by atoms with Gasteiger partial charge in [-0.3, -0.25) is 4.79 Å². The maximum absolute atomic E-state index is 12.6. The van der Waals surface area contributed by atoms with Crippen molar-refractivity contribution < 1.29 is 18.0 Å². The van der Waals surface area contributed by atoms with Gasteiger partial charge in [0.05, 0.1) is 12.0 Å². The Balaban J connectivity index is 0.00000242. The summed E-state index contributed by atoms with van der Waals surface area (Å²) in [5.41, 5.74) is 5.43. The molecule has 1 amide bonds. The van der Waals surface area contributed by atoms with E-state index in [2.05, 4.69) is 5.32 Å². The van der Waals surface area contributed by atoms with E-state index in [1.807, 2.05) is 0 Å². The van der Waals surface area contributed by atoms with Gasteiger partial charge in [0.25, 0.3) is 0 Å². The Morgan fingerprint density at radius 1 is 1.23 bits per heavy atom. The quantitative estimate of drug-likeness (QED) is 0.891. The first kappa shape index (κ1) is 18.8. The molecule has 1 aliphatic carbocycles. The number of halogens is 4. The van der Waals surface area contributed by atoms with Gasteiger partial charge >= 0.3 is 6.18 Å². The molecule has 0 spiro atoms. The lowest BCUT2D eigenvalue weighted by atomic mass is 9.91. The summed E-state index contributed by atoms with van der Waals surface area (Å²) in [6, 6.07) is 5.17. The first-order valence-corrected chi connectivity index (χ1v) is 7.05. The van der Waals surface area contributed by atoms with Crippen molar-refractivity contribution in [2.75, 3.05) is 0 Å². The molecular weight excluding hydrogens is 317 g/mol. The largest absolute Gasteiger partial charge is 0.416 e. The number of benzene rings is 1. The van der Waals surface area contributed by atoms with Crippen LogP contribution in [0.4, 0.5) is 13.2 Å². The van der Waals surface area contributed by atoms with Crippen LogP contribution in [-0.2, 0) is 17.4 Å². The van der Waals surface area contributed by atoms with Gasteiger partial charge in [0.15, 0.2) is 0 Å². The first-order valence-electron chi connectivity index (χ1n) is 7.05. The van der Waals surface area contributed by atoms with Crippen LogP contribution in [0.15, 0.2) is 24.3 Å². The van der Waals surface area contributed by atoms with Crippen LogP contribution >= 0.6 is 12.4 Å². The molecule has 0 unspecified atom stereocenters. The van der Waals surface area contributed by atoms with Crippen molar-refractivity contribution in [3.63, 3.8) is 0 Å². The second kappa shape index (κ2) is 7.83. The summed E-state index contributed by atoms with van der Waals surface area (Å²) in [5.74, 6) is -0.241. The fourth-order valence-electron chi connectivity index (χ4n) is 2.59. The van der Waals surface area contributed by atoms with Crippen molar-refractivity contribution in [1.29, 1.82) is 0 Å². The van der Waals surface area contributed by atoms with Gasteiger partial charge in [0, 0.05) is 12.1 Å². The fourth-order valence-corrected chi connectivity index (χ4v) is 2.59. The SMILES string of the molecule is Cl.NC1CCC(NC(=O)Cc2cccc(C(F)(F)F)c2)CC1. The van der Waals surface area contributed by atoms with Gasteiger partial charge in [0.1, 0.15) is 0 Å². The summed E-state index contributed by atoms with van der Waals surface area (Å²) < 4.78 is 37.8. The molecule has 0 bridgehead atoms. The standard InChI is InChI=1S/C15H19F3N2O.ClH/c16-15(17,18)11-3-1-2-10(8-11)9-14(21)20-13-6-4-12(19)5-7-13;/h1-3,8,12-13H,4-7,9,19H2,(H,20,21);1H. The van der Waals surface area contributed by atoms with Gasteiger partial charge in [-0.15, -0.1) is 12.4 Å². The Bertz CT molecular complexity index is 500. The number of carbonyl (C=O) groups is 1. The van der Waals surface area contributed by atoms with E-state index in [4.69, 9.17) is 5.73 Å².